The predicted octanol–water partition coefficient (Wildman–Crippen LogP) is 2.71. The zero-order chi connectivity index (χ0) is 13.0. The van der Waals surface area contributed by atoms with Gasteiger partial charge in [0.15, 0.2) is 0 Å². The zero-order valence-corrected chi connectivity index (χ0v) is 10.5. The van der Waals surface area contributed by atoms with Crippen molar-refractivity contribution in [3.63, 3.8) is 0 Å². The molecule has 0 spiro atoms. The monoisotopic (exact) mass is 264 g/mol. The first kappa shape index (κ1) is 12.6. The van der Waals surface area contributed by atoms with Crippen LogP contribution in [-0.4, -0.2) is 11.5 Å². The van der Waals surface area contributed by atoms with E-state index in [1.807, 2.05) is 12.1 Å². The SMILES string of the molecule is NC(=S)c1c(F)cccc1NCCc1ccco1. The van der Waals surface area contributed by atoms with Gasteiger partial charge >= 0.3 is 0 Å². The van der Waals surface area contributed by atoms with Crippen molar-refractivity contribution in [2.75, 3.05) is 11.9 Å². The third-order valence-corrected chi connectivity index (χ3v) is 2.73. The quantitative estimate of drug-likeness (QED) is 0.815. The molecule has 0 atom stereocenters. The lowest BCUT2D eigenvalue weighted by molar-refractivity contribution is 0.513. The van der Waals surface area contributed by atoms with Gasteiger partial charge in [-0.3, -0.25) is 0 Å². The first-order valence-electron chi connectivity index (χ1n) is 5.53. The van der Waals surface area contributed by atoms with Gasteiger partial charge in [-0.25, -0.2) is 4.39 Å². The summed E-state index contributed by atoms with van der Waals surface area (Å²) in [6.07, 6.45) is 2.33. The van der Waals surface area contributed by atoms with Crippen LogP contribution in [0.5, 0.6) is 0 Å². The van der Waals surface area contributed by atoms with Crippen LogP contribution in [0.3, 0.4) is 0 Å². The number of rotatable bonds is 5. The average Bonchev–Trinajstić information content (AvgIpc) is 2.81. The van der Waals surface area contributed by atoms with Gasteiger partial charge in [0.2, 0.25) is 0 Å². The number of hydrogen-bond donors (Lipinski definition) is 2. The summed E-state index contributed by atoms with van der Waals surface area (Å²) in [5.74, 6) is 0.460. The normalized spacial score (nSPS) is 10.3. The summed E-state index contributed by atoms with van der Waals surface area (Å²) < 4.78 is 18.8. The van der Waals surface area contributed by atoms with Crippen LogP contribution in [0.25, 0.3) is 0 Å². The van der Waals surface area contributed by atoms with Crippen molar-refractivity contribution in [2.24, 2.45) is 5.73 Å². The van der Waals surface area contributed by atoms with Gasteiger partial charge in [-0.05, 0) is 24.3 Å². The first-order chi connectivity index (χ1) is 8.68. The molecular weight excluding hydrogens is 251 g/mol. The number of anilines is 1. The lowest BCUT2D eigenvalue weighted by Gasteiger charge is -2.11. The molecule has 18 heavy (non-hydrogen) atoms. The highest BCUT2D eigenvalue weighted by atomic mass is 32.1. The van der Waals surface area contributed by atoms with Gasteiger partial charge < -0.3 is 15.5 Å². The summed E-state index contributed by atoms with van der Waals surface area (Å²) in [5.41, 5.74) is 6.38. The van der Waals surface area contributed by atoms with Gasteiger partial charge in [0.1, 0.15) is 16.6 Å². The molecule has 0 aliphatic heterocycles. The third-order valence-electron chi connectivity index (χ3n) is 2.53. The van der Waals surface area contributed by atoms with Crippen molar-refractivity contribution in [3.05, 3.63) is 53.7 Å². The van der Waals surface area contributed by atoms with E-state index in [9.17, 15) is 4.39 Å². The highest BCUT2D eigenvalue weighted by Gasteiger charge is 2.10. The van der Waals surface area contributed by atoms with Gasteiger partial charge in [-0.2, -0.15) is 0 Å². The van der Waals surface area contributed by atoms with Crippen molar-refractivity contribution in [1.29, 1.82) is 0 Å². The standard InChI is InChI=1S/C13H13FN2OS/c14-10-4-1-5-11(12(10)13(15)18)16-7-6-9-3-2-8-17-9/h1-5,8,16H,6-7H2,(H2,15,18). The van der Waals surface area contributed by atoms with Crippen LogP contribution in [0.1, 0.15) is 11.3 Å². The van der Waals surface area contributed by atoms with Crippen LogP contribution >= 0.6 is 12.2 Å². The van der Waals surface area contributed by atoms with Crippen molar-refractivity contribution in [3.8, 4) is 0 Å². The predicted molar refractivity (Wildman–Crippen MR) is 73.2 cm³/mol. The van der Waals surface area contributed by atoms with Crippen molar-refractivity contribution >= 4 is 22.9 Å². The molecule has 2 rings (SSSR count). The van der Waals surface area contributed by atoms with Gasteiger partial charge in [0.25, 0.3) is 0 Å². The van der Waals surface area contributed by atoms with E-state index in [1.54, 1.807) is 18.4 Å². The number of thiocarbonyl (C=S) groups is 1. The number of nitrogens with one attached hydrogen (secondary N) is 1. The molecule has 0 aliphatic carbocycles. The molecule has 0 aliphatic rings. The molecule has 0 amide bonds. The molecule has 94 valence electrons. The highest BCUT2D eigenvalue weighted by Crippen LogP contribution is 2.18. The minimum atomic E-state index is -0.412. The fourth-order valence-corrected chi connectivity index (χ4v) is 1.90. The van der Waals surface area contributed by atoms with E-state index in [2.05, 4.69) is 5.32 Å². The molecule has 0 bridgehead atoms. The number of halogens is 1. The summed E-state index contributed by atoms with van der Waals surface area (Å²) in [6.45, 7) is 0.618. The average molecular weight is 264 g/mol. The second kappa shape index (κ2) is 5.64. The summed E-state index contributed by atoms with van der Waals surface area (Å²) in [4.78, 5) is 0.0496. The zero-order valence-electron chi connectivity index (χ0n) is 9.65. The Morgan fingerprint density at radius 2 is 2.17 bits per heavy atom. The molecule has 0 radical (unpaired) electrons. The van der Waals surface area contributed by atoms with Gasteiger partial charge in [-0.1, -0.05) is 18.3 Å². The minimum Gasteiger partial charge on any atom is -0.469 e. The Morgan fingerprint density at radius 1 is 1.33 bits per heavy atom. The molecule has 0 fully saturated rings. The van der Waals surface area contributed by atoms with E-state index in [4.69, 9.17) is 22.4 Å². The molecule has 3 N–H and O–H groups in total. The van der Waals surface area contributed by atoms with Crippen LogP contribution in [-0.2, 0) is 6.42 Å². The minimum absolute atomic E-state index is 0.0496. The van der Waals surface area contributed by atoms with Crippen molar-refractivity contribution < 1.29 is 8.81 Å². The van der Waals surface area contributed by atoms with Crippen molar-refractivity contribution in [2.45, 2.75) is 6.42 Å². The summed E-state index contributed by atoms with van der Waals surface area (Å²) in [7, 11) is 0. The lowest BCUT2D eigenvalue weighted by Crippen LogP contribution is -2.16. The van der Waals surface area contributed by atoms with Crippen LogP contribution < -0.4 is 11.1 Å². The largest absolute Gasteiger partial charge is 0.469 e. The fourth-order valence-electron chi connectivity index (χ4n) is 1.70. The maximum Gasteiger partial charge on any atom is 0.135 e. The highest BCUT2D eigenvalue weighted by molar-refractivity contribution is 7.80. The topological polar surface area (TPSA) is 51.2 Å². The van der Waals surface area contributed by atoms with E-state index in [1.165, 1.54) is 6.07 Å². The molecule has 0 saturated carbocycles. The summed E-state index contributed by atoms with van der Waals surface area (Å²) >= 11 is 4.85. The van der Waals surface area contributed by atoms with Gasteiger partial charge in [0, 0.05) is 18.7 Å². The molecule has 2 aromatic rings. The Hall–Kier alpha value is -1.88. The molecule has 1 aromatic carbocycles. The number of furan rings is 1. The Labute approximate surface area is 110 Å². The van der Waals surface area contributed by atoms with E-state index >= 15 is 0 Å². The summed E-state index contributed by atoms with van der Waals surface area (Å²) in [5, 5.41) is 3.11. The Balaban J connectivity index is 2.05. The van der Waals surface area contributed by atoms with Crippen LogP contribution in [0.4, 0.5) is 10.1 Å². The van der Waals surface area contributed by atoms with Gasteiger partial charge in [0.05, 0.1) is 11.8 Å². The molecule has 1 aromatic heterocycles. The lowest BCUT2D eigenvalue weighted by atomic mass is 10.1. The second-order valence-corrected chi connectivity index (χ2v) is 4.22. The Bertz CT molecular complexity index is 540. The second-order valence-electron chi connectivity index (χ2n) is 3.78. The third kappa shape index (κ3) is 2.87. The van der Waals surface area contributed by atoms with Crippen molar-refractivity contribution in [1.82, 2.24) is 0 Å². The Morgan fingerprint density at radius 3 is 2.83 bits per heavy atom. The number of nitrogens with two attached hydrogens (primary N) is 1. The molecule has 1 heterocycles. The van der Waals surface area contributed by atoms with E-state index < -0.39 is 5.82 Å². The molecule has 0 saturated heterocycles. The van der Waals surface area contributed by atoms with E-state index in [-0.39, 0.29) is 10.6 Å². The van der Waals surface area contributed by atoms with Gasteiger partial charge in [-0.15, -0.1) is 0 Å². The Kier molecular flexibility index (Phi) is 3.94. The van der Waals surface area contributed by atoms with Crippen LogP contribution in [0, 0.1) is 5.82 Å². The maximum absolute atomic E-state index is 13.6. The molecule has 0 unspecified atom stereocenters. The number of hydrogen-bond acceptors (Lipinski definition) is 3. The first-order valence-corrected chi connectivity index (χ1v) is 5.94. The molecular formula is C13H13FN2OS. The fraction of sp³-hybridized carbons (Fsp3) is 0.154. The number of benzene rings is 1. The van der Waals surface area contributed by atoms with Crippen LogP contribution in [0.15, 0.2) is 41.0 Å². The smallest absolute Gasteiger partial charge is 0.135 e. The maximum atomic E-state index is 13.6. The molecule has 3 nitrogen and oxygen atoms in total. The molecule has 5 heteroatoms. The summed E-state index contributed by atoms with van der Waals surface area (Å²) in [6, 6.07) is 8.43. The van der Waals surface area contributed by atoms with E-state index in [0.717, 1.165) is 5.76 Å². The van der Waals surface area contributed by atoms with E-state index in [0.29, 0.717) is 18.7 Å². The van der Waals surface area contributed by atoms with Crippen LogP contribution in [0.2, 0.25) is 0 Å².